The van der Waals surface area contributed by atoms with Crippen molar-refractivity contribution in [3.8, 4) is 17.6 Å². The van der Waals surface area contributed by atoms with Crippen LogP contribution < -0.4 is 4.74 Å². The second-order valence-electron chi connectivity index (χ2n) is 4.12. The highest BCUT2D eigenvalue weighted by atomic mass is 35.5. The summed E-state index contributed by atoms with van der Waals surface area (Å²) in [7, 11) is 0. The third-order valence-electron chi connectivity index (χ3n) is 2.53. The third kappa shape index (κ3) is 3.05. The Morgan fingerprint density at radius 1 is 1.30 bits per heavy atom. The van der Waals surface area contributed by atoms with Gasteiger partial charge in [-0.1, -0.05) is 11.6 Å². The van der Waals surface area contributed by atoms with Crippen molar-refractivity contribution in [3.63, 3.8) is 0 Å². The number of nitriles is 1. The van der Waals surface area contributed by atoms with Crippen LogP contribution in [0, 0.1) is 28.4 Å². The average Bonchev–Trinajstić information content (AvgIpc) is 2.37. The topological polar surface area (TPSA) is 76.2 Å². The minimum absolute atomic E-state index is 0.0654. The zero-order valence-corrected chi connectivity index (χ0v) is 11.2. The molecule has 0 saturated heterocycles. The van der Waals surface area contributed by atoms with Crippen LogP contribution in [-0.4, -0.2) is 4.92 Å². The molecule has 0 aliphatic heterocycles. The SMILES string of the molecule is Cc1cc(Cl)cc(Oc2ccc(C#N)cc2[N+](=O)[O-])c1. The van der Waals surface area contributed by atoms with E-state index in [1.54, 1.807) is 18.2 Å². The molecule has 0 N–H and O–H groups in total. The molecule has 0 atom stereocenters. The van der Waals surface area contributed by atoms with Crippen molar-refractivity contribution < 1.29 is 9.66 Å². The van der Waals surface area contributed by atoms with Gasteiger partial charge in [-0.15, -0.1) is 0 Å². The molecule has 5 nitrogen and oxygen atoms in total. The standard InChI is InChI=1S/C14H9ClN2O3/c1-9-4-11(15)7-12(5-9)20-14-3-2-10(8-16)6-13(14)17(18)19/h2-7H,1H3. The number of hydrogen-bond acceptors (Lipinski definition) is 4. The summed E-state index contributed by atoms with van der Waals surface area (Å²) in [5.41, 5.74) is 0.816. The maximum atomic E-state index is 11.0. The van der Waals surface area contributed by atoms with Crippen LogP contribution in [-0.2, 0) is 0 Å². The van der Waals surface area contributed by atoms with Gasteiger partial charge in [0.15, 0.2) is 0 Å². The summed E-state index contributed by atoms with van der Waals surface area (Å²) in [5.74, 6) is 0.471. The molecule has 0 spiro atoms. The van der Waals surface area contributed by atoms with E-state index in [1.165, 1.54) is 18.2 Å². The Hall–Kier alpha value is -2.58. The fraction of sp³-hybridized carbons (Fsp3) is 0.0714. The molecule has 0 unspecified atom stereocenters. The van der Waals surface area contributed by atoms with Gasteiger partial charge in [0.1, 0.15) is 5.75 Å². The zero-order valence-electron chi connectivity index (χ0n) is 10.5. The van der Waals surface area contributed by atoms with Crippen molar-refractivity contribution in [1.82, 2.24) is 0 Å². The highest BCUT2D eigenvalue weighted by Gasteiger charge is 2.17. The van der Waals surface area contributed by atoms with Crippen LogP contribution in [0.1, 0.15) is 11.1 Å². The van der Waals surface area contributed by atoms with E-state index < -0.39 is 4.92 Å². The molecule has 0 amide bonds. The second kappa shape index (κ2) is 5.59. The van der Waals surface area contributed by atoms with E-state index >= 15 is 0 Å². The van der Waals surface area contributed by atoms with Gasteiger partial charge in [0.05, 0.1) is 16.6 Å². The van der Waals surface area contributed by atoms with Gasteiger partial charge in [-0.3, -0.25) is 10.1 Å². The van der Waals surface area contributed by atoms with E-state index in [0.29, 0.717) is 10.8 Å². The van der Waals surface area contributed by atoms with Crippen molar-refractivity contribution in [2.24, 2.45) is 0 Å². The van der Waals surface area contributed by atoms with Gasteiger partial charge in [-0.25, -0.2) is 0 Å². The lowest BCUT2D eigenvalue weighted by molar-refractivity contribution is -0.385. The molecular formula is C14H9ClN2O3. The molecule has 0 bridgehead atoms. The van der Waals surface area contributed by atoms with Gasteiger partial charge < -0.3 is 4.74 Å². The number of benzene rings is 2. The zero-order chi connectivity index (χ0) is 14.7. The molecule has 2 rings (SSSR count). The smallest absolute Gasteiger partial charge is 0.312 e. The quantitative estimate of drug-likeness (QED) is 0.626. The Labute approximate surface area is 120 Å². The normalized spacial score (nSPS) is 9.85. The first-order chi connectivity index (χ1) is 9.49. The Morgan fingerprint density at radius 3 is 2.65 bits per heavy atom. The Morgan fingerprint density at radius 2 is 2.05 bits per heavy atom. The summed E-state index contributed by atoms with van der Waals surface area (Å²) >= 11 is 5.91. The van der Waals surface area contributed by atoms with E-state index in [4.69, 9.17) is 21.6 Å². The molecule has 0 fully saturated rings. The second-order valence-corrected chi connectivity index (χ2v) is 4.55. The number of nitrogens with zero attached hydrogens (tertiary/aromatic N) is 2. The van der Waals surface area contributed by atoms with Gasteiger partial charge >= 0.3 is 5.69 Å². The molecule has 100 valence electrons. The highest BCUT2D eigenvalue weighted by Crippen LogP contribution is 2.33. The minimum atomic E-state index is -0.590. The predicted octanol–water partition coefficient (Wildman–Crippen LogP) is 4.22. The number of aryl methyl sites for hydroxylation is 1. The average molecular weight is 289 g/mol. The van der Waals surface area contributed by atoms with E-state index in [2.05, 4.69) is 0 Å². The molecule has 0 saturated carbocycles. The van der Waals surface area contributed by atoms with Crippen molar-refractivity contribution in [1.29, 1.82) is 5.26 Å². The van der Waals surface area contributed by atoms with E-state index in [0.717, 1.165) is 5.56 Å². The summed E-state index contributed by atoms with van der Waals surface area (Å²) in [5, 5.41) is 20.3. The Bertz CT molecular complexity index is 703. The molecule has 0 aromatic heterocycles. The summed E-state index contributed by atoms with van der Waals surface area (Å²) in [4.78, 5) is 10.4. The summed E-state index contributed by atoms with van der Waals surface area (Å²) in [6, 6.07) is 10.9. The molecule has 0 radical (unpaired) electrons. The summed E-state index contributed by atoms with van der Waals surface area (Å²) < 4.78 is 5.50. The summed E-state index contributed by atoms with van der Waals surface area (Å²) in [6.45, 7) is 1.84. The number of halogens is 1. The number of nitro benzene ring substituents is 1. The van der Waals surface area contributed by atoms with Gasteiger partial charge in [0, 0.05) is 11.1 Å². The van der Waals surface area contributed by atoms with E-state index in [1.807, 2.05) is 13.0 Å². The van der Waals surface area contributed by atoms with Crippen molar-refractivity contribution in [3.05, 3.63) is 62.7 Å². The molecule has 0 aliphatic carbocycles. The molecule has 2 aromatic carbocycles. The Kier molecular flexibility index (Phi) is 3.87. The van der Waals surface area contributed by atoms with Crippen molar-refractivity contribution in [2.75, 3.05) is 0 Å². The largest absolute Gasteiger partial charge is 0.450 e. The van der Waals surface area contributed by atoms with Gasteiger partial charge in [0.2, 0.25) is 5.75 Å². The monoisotopic (exact) mass is 288 g/mol. The van der Waals surface area contributed by atoms with Crippen LogP contribution in [0.5, 0.6) is 11.5 Å². The van der Waals surface area contributed by atoms with Crippen LogP contribution in [0.25, 0.3) is 0 Å². The minimum Gasteiger partial charge on any atom is -0.450 e. The summed E-state index contributed by atoms with van der Waals surface area (Å²) in [6.07, 6.45) is 0. The van der Waals surface area contributed by atoms with Crippen LogP contribution >= 0.6 is 11.6 Å². The maximum absolute atomic E-state index is 11.0. The van der Waals surface area contributed by atoms with Gasteiger partial charge in [-0.2, -0.15) is 5.26 Å². The maximum Gasteiger partial charge on any atom is 0.312 e. The number of ether oxygens (including phenoxy) is 1. The lowest BCUT2D eigenvalue weighted by Crippen LogP contribution is -1.94. The molecule has 0 heterocycles. The predicted molar refractivity (Wildman–Crippen MR) is 74.1 cm³/mol. The first-order valence-electron chi connectivity index (χ1n) is 5.63. The molecule has 20 heavy (non-hydrogen) atoms. The first kappa shape index (κ1) is 13.8. The molecular weight excluding hydrogens is 280 g/mol. The molecule has 6 heteroatoms. The number of rotatable bonds is 3. The van der Waals surface area contributed by atoms with Gasteiger partial charge in [-0.05, 0) is 42.8 Å². The van der Waals surface area contributed by atoms with Crippen LogP contribution in [0.2, 0.25) is 5.02 Å². The first-order valence-corrected chi connectivity index (χ1v) is 6.01. The van der Waals surface area contributed by atoms with Crippen LogP contribution in [0.3, 0.4) is 0 Å². The third-order valence-corrected chi connectivity index (χ3v) is 2.75. The van der Waals surface area contributed by atoms with E-state index in [-0.39, 0.29) is 17.0 Å². The fourth-order valence-electron chi connectivity index (χ4n) is 1.70. The molecule has 2 aromatic rings. The van der Waals surface area contributed by atoms with Crippen LogP contribution in [0.4, 0.5) is 5.69 Å². The lowest BCUT2D eigenvalue weighted by Gasteiger charge is -2.07. The Balaban J connectivity index is 2.43. The van der Waals surface area contributed by atoms with E-state index in [9.17, 15) is 10.1 Å². The van der Waals surface area contributed by atoms with Crippen molar-refractivity contribution in [2.45, 2.75) is 6.92 Å². The van der Waals surface area contributed by atoms with Crippen LogP contribution in [0.15, 0.2) is 36.4 Å². The van der Waals surface area contributed by atoms with Crippen molar-refractivity contribution >= 4 is 17.3 Å². The van der Waals surface area contributed by atoms with Gasteiger partial charge in [0.25, 0.3) is 0 Å². The fourth-order valence-corrected chi connectivity index (χ4v) is 1.98. The number of nitro groups is 1. The molecule has 0 aliphatic rings. The highest BCUT2D eigenvalue weighted by molar-refractivity contribution is 6.30. The number of hydrogen-bond donors (Lipinski definition) is 0. The lowest BCUT2D eigenvalue weighted by atomic mass is 10.2.